The van der Waals surface area contributed by atoms with E-state index in [9.17, 15) is 9.90 Å². The summed E-state index contributed by atoms with van der Waals surface area (Å²) >= 11 is 0. The van der Waals surface area contributed by atoms with Gasteiger partial charge in [-0.15, -0.1) is 0 Å². The predicted octanol–water partition coefficient (Wildman–Crippen LogP) is 0.0546. The molecule has 1 N–H and O–H groups in total. The lowest BCUT2D eigenvalue weighted by atomic mass is 9.93. The predicted molar refractivity (Wildman–Crippen MR) is 91.9 cm³/mol. The Morgan fingerprint density at radius 2 is 1.88 bits per heavy atom. The Bertz CT molecular complexity index is 601. The molecule has 3 rings (SSSR count). The highest BCUT2D eigenvalue weighted by Crippen LogP contribution is 2.22. The molecule has 2 aliphatic heterocycles. The van der Waals surface area contributed by atoms with Gasteiger partial charge in [-0.2, -0.15) is 0 Å². The third-order valence-electron chi connectivity index (χ3n) is 5.30. The van der Waals surface area contributed by atoms with Crippen LogP contribution in [0.15, 0.2) is 6.33 Å². The maximum Gasteiger partial charge on any atom is 0.229 e. The summed E-state index contributed by atoms with van der Waals surface area (Å²) in [5, 5.41) is 10.2. The third kappa shape index (κ3) is 3.37. The van der Waals surface area contributed by atoms with Crippen molar-refractivity contribution >= 4 is 11.7 Å². The molecular formula is C17H27N5O2. The van der Waals surface area contributed by atoms with E-state index in [1.165, 1.54) is 0 Å². The lowest BCUT2D eigenvalue weighted by Crippen LogP contribution is -2.55. The smallest absolute Gasteiger partial charge is 0.229 e. The van der Waals surface area contributed by atoms with Gasteiger partial charge in [-0.1, -0.05) is 0 Å². The van der Waals surface area contributed by atoms with Gasteiger partial charge in [0, 0.05) is 50.5 Å². The number of aliphatic hydroxyl groups excluding tert-OH is 1. The highest BCUT2D eigenvalue weighted by atomic mass is 16.3. The van der Waals surface area contributed by atoms with Crippen molar-refractivity contribution in [3.05, 3.63) is 17.6 Å². The molecule has 24 heavy (non-hydrogen) atoms. The van der Waals surface area contributed by atoms with Crippen LogP contribution in [-0.2, 0) is 4.79 Å². The summed E-state index contributed by atoms with van der Waals surface area (Å²) in [6, 6.07) is 0. The number of carbonyl (C=O) groups is 1. The van der Waals surface area contributed by atoms with Crippen molar-refractivity contribution in [1.82, 2.24) is 19.8 Å². The molecule has 0 bridgehead atoms. The van der Waals surface area contributed by atoms with E-state index in [1.807, 2.05) is 25.8 Å². The zero-order valence-electron chi connectivity index (χ0n) is 14.8. The largest absolute Gasteiger partial charge is 0.392 e. The number of hydrogen-bond acceptors (Lipinski definition) is 6. The fraction of sp³-hybridized carbons (Fsp3) is 0.706. The van der Waals surface area contributed by atoms with E-state index in [1.54, 1.807) is 6.33 Å². The number of aliphatic hydroxyl groups is 1. The van der Waals surface area contributed by atoms with E-state index >= 15 is 0 Å². The topological polar surface area (TPSA) is 72.8 Å². The molecule has 0 aromatic carbocycles. The minimum Gasteiger partial charge on any atom is -0.392 e. The van der Waals surface area contributed by atoms with Crippen molar-refractivity contribution in [1.29, 1.82) is 0 Å². The fourth-order valence-corrected chi connectivity index (χ4v) is 3.56. The molecular weight excluding hydrogens is 306 g/mol. The van der Waals surface area contributed by atoms with E-state index in [2.05, 4.69) is 19.8 Å². The van der Waals surface area contributed by atoms with Crippen molar-refractivity contribution in [2.24, 2.45) is 5.92 Å². The SMILES string of the molecule is Cc1ncnc(N2CCN(C(=O)[C@@H]3CN(C)CC[C@H]3O)CC2)c1C. The highest BCUT2D eigenvalue weighted by Gasteiger charge is 2.35. The molecule has 3 heterocycles. The Morgan fingerprint density at radius 3 is 2.58 bits per heavy atom. The van der Waals surface area contributed by atoms with Crippen molar-refractivity contribution in [2.75, 3.05) is 51.2 Å². The first-order valence-corrected chi connectivity index (χ1v) is 8.66. The van der Waals surface area contributed by atoms with E-state index in [0.29, 0.717) is 26.1 Å². The number of aryl methyl sites for hydroxylation is 1. The van der Waals surface area contributed by atoms with Gasteiger partial charge in [-0.3, -0.25) is 4.79 Å². The third-order valence-corrected chi connectivity index (χ3v) is 5.30. The summed E-state index contributed by atoms with van der Waals surface area (Å²) in [7, 11) is 2.00. The monoisotopic (exact) mass is 333 g/mol. The number of aromatic nitrogens is 2. The number of rotatable bonds is 2. The van der Waals surface area contributed by atoms with Crippen LogP contribution in [-0.4, -0.2) is 83.2 Å². The summed E-state index contributed by atoms with van der Waals surface area (Å²) in [6.45, 7) is 8.40. The molecule has 0 aliphatic carbocycles. The second kappa shape index (κ2) is 7.03. The maximum absolute atomic E-state index is 12.8. The van der Waals surface area contributed by atoms with Crippen LogP contribution in [0.5, 0.6) is 0 Å². The van der Waals surface area contributed by atoms with Crippen LogP contribution in [0.2, 0.25) is 0 Å². The van der Waals surface area contributed by atoms with Crippen LogP contribution in [0, 0.1) is 19.8 Å². The van der Waals surface area contributed by atoms with E-state index in [0.717, 1.165) is 36.7 Å². The van der Waals surface area contributed by atoms with Crippen molar-refractivity contribution < 1.29 is 9.90 Å². The van der Waals surface area contributed by atoms with Crippen LogP contribution in [0.1, 0.15) is 17.7 Å². The maximum atomic E-state index is 12.8. The molecule has 7 heteroatoms. The molecule has 0 unspecified atom stereocenters. The first kappa shape index (κ1) is 17.1. The van der Waals surface area contributed by atoms with Gasteiger partial charge in [0.25, 0.3) is 0 Å². The number of nitrogens with zero attached hydrogens (tertiary/aromatic N) is 5. The Kier molecular flexibility index (Phi) is 5.01. The molecule has 0 spiro atoms. The van der Waals surface area contributed by atoms with Gasteiger partial charge in [0.15, 0.2) is 0 Å². The Hall–Kier alpha value is -1.73. The molecule has 1 aromatic heterocycles. The lowest BCUT2D eigenvalue weighted by Gasteiger charge is -2.40. The van der Waals surface area contributed by atoms with Gasteiger partial charge in [0.1, 0.15) is 12.1 Å². The summed E-state index contributed by atoms with van der Waals surface area (Å²) in [4.78, 5) is 27.6. The summed E-state index contributed by atoms with van der Waals surface area (Å²) in [6.07, 6.45) is 1.76. The zero-order chi connectivity index (χ0) is 17.3. The van der Waals surface area contributed by atoms with Gasteiger partial charge < -0.3 is 19.8 Å². The summed E-state index contributed by atoms with van der Waals surface area (Å²) < 4.78 is 0. The van der Waals surface area contributed by atoms with Gasteiger partial charge in [0.05, 0.1) is 12.0 Å². The number of carbonyl (C=O) groups excluding carboxylic acids is 1. The molecule has 132 valence electrons. The minimum atomic E-state index is -0.515. The van der Waals surface area contributed by atoms with E-state index in [-0.39, 0.29) is 11.8 Å². The van der Waals surface area contributed by atoms with Crippen LogP contribution in [0.25, 0.3) is 0 Å². The first-order chi connectivity index (χ1) is 11.5. The standard InChI is InChI=1S/C17H27N5O2/c1-12-13(2)18-11-19-16(12)21-6-8-22(9-7-21)17(24)14-10-20(3)5-4-15(14)23/h11,14-15,23H,4-10H2,1-3H3/t14-,15-/m1/s1. The molecule has 2 atom stereocenters. The number of anilines is 1. The molecule has 7 nitrogen and oxygen atoms in total. The number of hydrogen-bond donors (Lipinski definition) is 1. The number of piperazine rings is 1. The summed E-state index contributed by atoms with van der Waals surface area (Å²) in [5.41, 5.74) is 2.09. The molecule has 0 radical (unpaired) electrons. The molecule has 1 aromatic rings. The Labute approximate surface area is 143 Å². The van der Waals surface area contributed by atoms with Crippen LogP contribution in [0.4, 0.5) is 5.82 Å². The number of amides is 1. The van der Waals surface area contributed by atoms with Gasteiger partial charge in [0.2, 0.25) is 5.91 Å². The molecule has 2 aliphatic rings. The van der Waals surface area contributed by atoms with Crippen molar-refractivity contribution in [3.63, 3.8) is 0 Å². The quantitative estimate of drug-likeness (QED) is 0.825. The average molecular weight is 333 g/mol. The van der Waals surface area contributed by atoms with Crippen molar-refractivity contribution in [2.45, 2.75) is 26.4 Å². The first-order valence-electron chi connectivity index (χ1n) is 8.66. The normalized spacial score (nSPS) is 25.8. The van der Waals surface area contributed by atoms with E-state index in [4.69, 9.17) is 0 Å². The lowest BCUT2D eigenvalue weighted by molar-refractivity contribution is -0.142. The van der Waals surface area contributed by atoms with Gasteiger partial charge in [-0.05, 0) is 27.3 Å². The molecule has 2 fully saturated rings. The number of likely N-dealkylation sites (tertiary alicyclic amines) is 1. The van der Waals surface area contributed by atoms with Crippen molar-refractivity contribution in [3.8, 4) is 0 Å². The Morgan fingerprint density at radius 1 is 1.17 bits per heavy atom. The van der Waals surface area contributed by atoms with Gasteiger partial charge >= 0.3 is 0 Å². The van der Waals surface area contributed by atoms with Crippen LogP contribution >= 0.6 is 0 Å². The second-order valence-electron chi connectivity index (χ2n) is 6.94. The van der Waals surface area contributed by atoms with Gasteiger partial charge in [-0.25, -0.2) is 9.97 Å². The Balaban J connectivity index is 1.62. The molecule has 2 saturated heterocycles. The zero-order valence-corrected chi connectivity index (χ0v) is 14.8. The minimum absolute atomic E-state index is 0.0873. The number of piperidine rings is 1. The highest BCUT2D eigenvalue weighted by molar-refractivity contribution is 5.80. The van der Waals surface area contributed by atoms with Crippen LogP contribution < -0.4 is 4.90 Å². The van der Waals surface area contributed by atoms with E-state index < -0.39 is 6.10 Å². The average Bonchev–Trinajstić information content (AvgIpc) is 2.59. The second-order valence-corrected chi connectivity index (χ2v) is 6.94. The summed E-state index contributed by atoms with van der Waals surface area (Å²) in [5.74, 6) is 0.759. The molecule has 0 saturated carbocycles. The fourth-order valence-electron chi connectivity index (χ4n) is 3.56. The van der Waals surface area contributed by atoms with Crippen LogP contribution in [0.3, 0.4) is 0 Å². The molecule has 1 amide bonds.